The van der Waals surface area contributed by atoms with Gasteiger partial charge in [-0.2, -0.15) is 0 Å². The maximum absolute atomic E-state index is 14.3. The van der Waals surface area contributed by atoms with Crippen LogP contribution in [-0.4, -0.2) is 24.6 Å². The summed E-state index contributed by atoms with van der Waals surface area (Å²) in [6, 6.07) is 11.4. The lowest BCUT2D eigenvalue weighted by molar-refractivity contribution is -0.00934. The van der Waals surface area contributed by atoms with Gasteiger partial charge in [0.2, 0.25) is 0 Å². The van der Waals surface area contributed by atoms with Crippen LogP contribution in [0.25, 0.3) is 0 Å². The molecule has 3 nitrogen and oxygen atoms in total. The lowest BCUT2D eigenvalue weighted by Gasteiger charge is -2.36. The Labute approximate surface area is 146 Å². The summed E-state index contributed by atoms with van der Waals surface area (Å²) < 4.78 is 40.4. The Bertz CT molecular complexity index is 795. The fourth-order valence-corrected chi connectivity index (χ4v) is 2.99. The number of benzene rings is 2. The molecular formula is C19H19BF2O3. The molecule has 2 aromatic carbocycles. The molecule has 1 unspecified atom stereocenters. The molecule has 6 heteroatoms. The van der Waals surface area contributed by atoms with Gasteiger partial charge >= 0.3 is 7.12 Å². The molecule has 0 radical (unpaired) electrons. The first-order valence-electron chi connectivity index (χ1n) is 8.09. The highest BCUT2D eigenvalue weighted by Gasteiger charge is 2.54. The molecule has 2 aromatic rings. The fourth-order valence-electron chi connectivity index (χ4n) is 2.99. The molecule has 0 aliphatic carbocycles. The number of hydrogen-bond acceptors (Lipinski definition) is 3. The van der Waals surface area contributed by atoms with E-state index >= 15 is 0 Å². The summed E-state index contributed by atoms with van der Waals surface area (Å²) >= 11 is 0. The van der Waals surface area contributed by atoms with Crippen molar-refractivity contribution in [2.24, 2.45) is 0 Å². The van der Waals surface area contributed by atoms with Crippen LogP contribution < -0.4 is 5.46 Å². The summed E-state index contributed by atoms with van der Waals surface area (Å²) in [5.41, 5.74) is -0.877. The van der Waals surface area contributed by atoms with Crippen LogP contribution in [0.4, 0.5) is 8.78 Å². The van der Waals surface area contributed by atoms with E-state index in [1.165, 1.54) is 0 Å². The second-order valence-corrected chi connectivity index (χ2v) is 6.98. The maximum Gasteiger partial charge on any atom is 0.494 e. The zero-order valence-electron chi connectivity index (χ0n) is 14.4. The van der Waals surface area contributed by atoms with Gasteiger partial charge in [0.05, 0.1) is 16.8 Å². The second kappa shape index (κ2) is 6.35. The third kappa shape index (κ3) is 3.24. The van der Waals surface area contributed by atoms with Gasteiger partial charge in [0.25, 0.3) is 0 Å². The molecule has 3 rings (SSSR count). The van der Waals surface area contributed by atoms with Gasteiger partial charge in [-0.05, 0) is 43.9 Å². The molecule has 0 amide bonds. The van der Waals surface area contributed by atoms with E-state index in [0.29, 0.717) is 6.29 Å². The zero-order valence-corrected chi connectivity index (χ0v) is 14.4. The Morgan fingerprint density at radius 2 is 1.72 bits per heavy atom. The molecule has 1 saturated heterocycles. The Morgan fingerprint density at radius 1 is 1.04 bits per heavy atom. The Balaban J connectivity index is 1.91. The monoisotopic (exact) mass is 344 g/mol. The molecule has 0 bridgehead atoms. The number of halogens is 2. The molecule has 1 fully saturated rings. The summed E-state index contributed by atoms with van der Waals surface area (Å²) in [4.78, 5) is 10.8. The maximum atomic E-state index is 14.3. The molecule has 25 heavy (non-hydrogen) atoms. The van der Waals surface area contributed by atoms with Crippen LogP contribution in [0.2, 0.25) is 0 Å². The molecule has 0 spiro atoms. The van der Waals surface area contributed by atoms with Crippen molar-refractivity contribution >= 4 is 18.9 Å². The lowest BCUT2D eigenvalue weighted by Crippen LogP contribution is -2.46. The topological polar surface area (TPSA) is 35.5 Å². The minimum atomic E-state index is -0.872. The van der Waals surface area contributed by atoms with Gasteiger partial charge in [-0.1, -0.05) is 30.3 Å². The number of aldehydes is 1. The van der Waals surface area contributed by atoms with Crippen LogP contribution >= 0.6 is 0 Å². The van der Waals surface area contributed by atoms with Crippen molar-refractivity contribution in [2.45, 2.75) is 38.4 Å². The highest BCUT2D eigenvalue weighted by molar-refractivity contribution is 6.62. The van der Waals surface area contributed by atoms with Gasteiger partial charge in [0.15, 0.2) is 6.29 Å². The van der Waals surface area contributed by atoms with E-state index in [2.05, 4.69) is 0 Å². The van der Waals surface area contributed by atoms with Crippen molar-refractivity contribution in [1.29, 1.82) is 0 Å². The third-order valence-electron chi connectivity index (χ3n) is 4.93. The quantitative estimate of drug-likeness (QED) is 0.631. The average molecular weight is 344 g/mol. The predicted octanol–water partition coefficient (Wildman–Crippen LogP) is 3.30. The van der Waals surface area contributed by atoms with E-state index in [4.69, 9.17) is 9.31 Å². The van der Waals surface area contributed by atoms with Crippen molar-refractivity contribution in [3.63, 3.8) is 0 Å². The minimum Gasteiger partial charge on any atom is -0.399 e. The van der Waals surface area contributed by atoms with E-state index < -0.39 is 30.0 Å². The SMILES string of the molecule is CC1(C)OB(c2ccccc2)OC1(C)Cc1cc(F)c(C=O)cc1F. The molecule has 130 valence electrons. The van der Waals surface area contributed by atoms with Crippen LogP contribution in [0, 0.1) is 11.6 Å². The van der Waals surface area contributed by atoms with Gasteiger partial charge in [-0.25, -0.2) is 8.78 Å². The van der Waals surface area contributed by atoms with Crippen molar-refractivity contribution in [2.75, 3.05) is 0 Å². The first-order chi connectivity index (χ1) is 11.8. The van der Waals surface area contributed by atoms with E-state index in [0.717, 1.165) is 17.6 Å². The summed E-state index contributed by atoms with van der Waals surface area (Å²) in [5, 5.41) is 0. The van der Waals surface area contributed by atoms with E-state index in [-0.39, 0.29) is 17.5 Å². The van der Waals surface area contributed by atoms with E-state index in [1.807, 2.05) is 51.1 Å². The number of carbonyl (C=O) groups is 1. The van der Waals surface area contributed by atoms with Crippen LogP contribution in [0.3, 0.4) is 0 Å². The number of carbonyl (C=O) groups excluding carboxylic acids is 1. The predicted molar refractivity (Wildman–Crippen MR) is 91.9 cm³/mol. The van der Waals surface area contributed by atoms with Crippen molar-refractivity contribution < 1.29 is 22.9 Å². The van der Waals surface area contributed by atoms with E-state index in [1.54, 1.807) is 0 Å². The van der Waals surface area contributed by atoms with Crippen LogP contribution in [0.1, 0.15) is 36.7 Å². The van der Waals surface area contributed by atoms with Gasteiger partial charge in [0.1, 0.15) is 11.6 Å². The van der Waals surface area contributed by atoms with Gasteiger partial charge < -0.3 is 9.31 Å². The average Bonchev–Trinajstić information content (AvgIpc) is 2.81. The minimum absolute atomic E-state index is 0.116. The highest BCUT2D eigenvalue weighted by Crippen LogP contribution is 2.40. The van der Waals surface area contributed by atoms with Crippen LogP contribution in [0.15, 0.2) is 42.5 Å². The van der Waals surface area contributed by atoms with Crippen molar-refractivity contribution in [1.82, 2.24) is 0 Å². The highest BCUT2D eigenvalue weighted by atomic mass is 19.1. The van der Waals surface area contributed by atoms with E-state index in [9.17, 15) is 13.6 Å². The van der Waals surface area contributed by atoms with Crippen molar-refractivity contribution in [3.05, 3.63) is 65.2 Å². The molecule has 1 atom stereocenters. The zero-order chi connectivity index (χ0) is 18.2. The first-order valence-corrected chi connectivity index (χ1v) is 8.09. The standard InChI is InChI=1S/C19H19BF2O3/c1-18(2)19(3,25-20(24-18)15-7-5-4-6-8-15)11-13-9-17(22)14(12-23)10-16(13)21/h4-10,12H,11H2,1-3H3. The second-order valence-electron chi connectivity index (χ2n) is 6.98. The summed E-state index contributed by atoms with van der Waals surface area (Å²) in [6.07, 6.45) is 0.416. The summed E-state index contributed by atoms with van der Waals surface area (Å²) in [5.74, 6) is -1.38. The molecule has 1 aliphatic rings. The lowest BCUT2D eigenvalue weighted by atomic mass is 9.79. The molecule has 0 saturated carbocycles. The van der Waals surface area contributed by atoms with Crippen molar-refractivity contribution in [3.8, 4) is 0 Å². The fraction of sp³-hybridized carbons (Fsp3) is 0.316. The largest absolute Gasteiger partial charge is 0.494 e. The van der Waals surface area contributed by atoms with Gasteiger partial charge in [-0.15, -0.1) is 0 Å². The molecule has 1 heterocycles. The Morgan fingerprint density at radius 3 is 2.36 bits per heavy atom. The number of hydrogen-bond donors (Lipinski definition) is 0. The molecule has 1 aliphatic heterocycles. The third-order valence-corrected chi connectivity index (χ3v) is 4.93. The summed E-state index contributed by atoms with van der Waals surface area (Å²) in [7, 11) is -0.580. The van der Waals surface area contributed by atoms with Gasteiger partial charge in [-0.3, -0.25) is 4.79 Å². The normalized spacial score (nSPS) is 22.2. The Hall–Kier alpha value is -2.05. The molecular weight excluding hydrogens is 325 g/mol. The Kier molecular flexibility index (Phi) is 4.52. The van der Waals surface area contributed by atoms with Crippen LogP contribution in [-0.2, 0) is 15.7 Å². The number of rotatable bonds is 4. The van der Waals surface area contributed by atoms with Crippen LogP contribution in [0.5, 0.6) is 0 Å². The van der Waals surface area contributed by atoms with Gasteiger partial charge in [0, 0.05) is 6.42 Å². The first kappa shape index (κ1) is 17.8. The smallest absolute Gasteiger partial charge is 0.399 e. The molecule has 0 aromatic heterocycles. The summed E-state index contributed by atoms with van der Waals surface area (Å²) in [6.45, 7) is 5.55. The molecule has 0 N–H and O–H groups in total.